The lowest BCUT2D eigenvalue weighted by Gasteiger charge is -2.39. The highest BCUT2D eigenvalue weighted by molar-refractivity contribution is 6.00. The number of hydrogen-bond donors (Lipinski definition) is 0. The molecule has 0 radical (unpaired) electrons. The first-order valence-corrected chi connectivity index (χ1v) is 9.67. The summed E-state index contributed by atoms with van der Waals surface area (Å²) < 4.78 is 0. The van der Waals surface area contributed by atoms with Crippen molar-refractivity contribution in [1.82, 2.24) is 4.90 Å². The van der Waals surface area contributed by atoms with Crippen LogP contribution in [0.25, 0.3) is 0 Å². The molecular weight excluding hydrogens is 322 g/mol. The molecule has 4 heteroatoms. The fourth-order valence-corrected chi connectivity index (χ4v) is 4.13. The van der Waals surface area contributed by atoms with Crippen LogP contribution in [-0.2, 0) is 11.3 Å². The lowest BCUT2D eigenvalue weighted by molar-refractivity contribution is -0.122. The number of fused-ring (bicyclic) bond motifs is 1. The Bertz CT molecular complexity index is 755. The van der Waals surface area contributed by atoms with Gasteiger partial charge in [0, 0.05) is 19.6 Å². The Morgan fingerprint density at radius 2 is 1.54 bits per heavy atom. The highest BCUT2D eigenvalue weighted by Gasteiger charge is 2.32. The van der Waals surface area contributed by atoms with Gasteiger partial charge in [0.25, 0.3) is 0 Å². The van der Waals surface area contributed by atoms with Crippen molar-refractivity contribution < 1.29 is 4.79 Å². The van der Waals surface area contributed by atoms with Crippen LogP contribution in [-0.4, -0.2) is 43.0 Å². The second kappa shape index (κ2) is 7.50. The maximum Gasteiger partial charge on any atom is 0.244 e. The van der Waals surface area contributed by atoms with Crippen molar-refractivity contribution >= 4 is 17.3 Å². The lowest BCUT2D eigenvalue weighted by atomic mass is 10.1. The zero-order chi connectivity index (χ0) is 17.9. The van der Waals surface area contributed by atoms with Crippen molar-refractivity contribution in [3.63, 3.8) is 0 Å². The van der Waals surface area contributed by atoms with Gasteiger partial charge in [-0.3, -0.25) is 9.69 Å². The van der Waals surface area contributed by atoms with Crippen LogP contribution in [0.3, 0.4) is 0 Å². The van der Waals surface area contributed by atoms with E-state index < -0.39 is 0 Å². The molecule has 0 N–H and O–H groups in total. The van der Waals surface area contributed by atoms with Crippen molar-refractivity contribution in [2.45, 2.75) is 32.4 Å². The molecule has 1 fully saturated rings. The van der Waals surface area contributed by atoms with Gasteiger partial charge < -0.3 is 9.80 Å². The molecule has 0 bridgehead atoms. The van der Waals surface area contributed by atoms with Crippen molar-refractivity contribution in [2.75, 3.05) is 36.0 Å². The first-order chi connectivity index (χ1) is 12.7. The molecule has 2 heterocycles. The van der Waals surface area contributed by atoms with Gasteiger partial charge in [-0.25, -0.2) is 0 Å². The predicted molar refractivity (Wildman–Crippen MR) is 107 cm³/mol. The monoisotopic (exact) mass is 349 g/mol. The topological polar surface area (TPSA) is 26.8 Å². The summed E-state index contributed by atoms with van der Waals surface area (Å²) in [7, 11) is 0. The van der Waals surface area contributed by atoms with E-state index in [0.29, 0.717) is 0 Å². The van der Waals surface area contributed by atoms with Crippen LogP contribution in [0.4, 0.5) is 11.4 Å². The molecule has 2 aliphatic rings. The Morgan fingerprint density at radius 1 is 0.885 bits per heavy atom. The highest BCUT2D eigenvalue weighted by Crippen LogP contribution is 2.34. The molecule has 136 valence electrons. The number of carbonyl (C=O) groups is 1. The average molecular weight is 349 g/mol. The van der Waals surface area contributed by atoms with E-state index in [4.69, 9.17) is 0 Å². The molecule has 4 nitrogen and oxygen atoms in total. The van der Waals surface area contributed by atoms with Gasteiger partial charge in [0.05, 0.1) is 17.4 Å². The smallest absolute Gasteiger partial charge is 0.244 e. The molecular formula is C22H27N3O. The maximum atomic E-state index is 13.2. The van der Waals surface area contributed by atoms with E-state index in [1.54, 1.807) is 0 Å². The number of likely N-dealkylation sites (tertiary alicyclic amines) is 1. The lowest BCUT2D eigenvalue weighted by Crippen LogP contribution is -2.51. The summed E-state index contributed by atoms with van der Waals surface area (Å²) in [4.78, 5) is 19.9. The summed E-state index contributed by atoms with van der Waals surface area (Å²) >= 11 is 0. The van der Waals surface area contributed by atoms with E-state index in [1.165, 1.54) is 18.4 Å². The van der Waals surface area contributed by atoms with Crippen LogP contribution < -0.4 is 9.80 Å². The van der Waals surface area contributed by atoms with Crippen LogP contribution >= 0.6 is 0 Å². The van der Waals surface area contributed by atoms with E-state index in [1.807, 2.05) is 17.0 Å². The molecule has 0 aliphatic carbocycles. The van der Waals surface area contributed by atoms with E-state index in [9.17, 15) is 4.79 Å². The summed E-state index contributed by atoms with van der Waals surface area (Å²) in [6, 6.07) is 18.8. The molecule has 2 aromatic rings. The van der Waals surface area contributed by atoms with Gasteiger partial charge in [-0.2, -0.15) is 0 Å². The van der Waals surface area contributed by atoms with Gasteiger partial charge in [-0.05, 0) is 50.6 Å². The molecule has 2 aliphatic heterocycles. The largest absolute Gasteiger partial charge is 0.364 e. The number of amides is 1. The second-order valence-corrected chi connectivity index (χ2v) is 7.30. The summed E-state index contributed by atoms with van der Waals surface area (Å²) in [5.74, 6) is 0.235. The average Bonchev–Trinajstić information content (AvgIpc) is 3.23. The first kappa shape index (κ1) is 17.1. The third-order valence-electron chi connectivity index (χ3n) is 5.63. The van der Waals surface area contributed by atoms with Crippen LogP contribution in [0.1, 0.15) is 25.3 Å². The fourth-order valence-electron chi connectivity index (χ4n) is 4.13. The van der Waals surface area contributed by atoms with Crippen molar-refractivity contribution in [2.24, 2.45) is 0 Å². The summed E-state index contributed by atoms with van der Waals surface area (Å²) in [5, 5.41) is 0. The van der Waals surface area contributed by atoms with Crippen molar-refractivity contribution in [1.29, 1.82) is 0 Å². The Labute approximate surface area is 156 Å². The second-order valence-electron chi connectivity index (χ2n) is 7.30. The van der Waals surface area contributed by atoms with E-state index in [2.05, 4.69) is 59.2 Å². The van der Waals surface area contributed by atoms with Gasteiger partial charge in [0.2, 0.25) is 5.91 Å². The molecule has 4 rings (SSSR count). The maximum absolute atomic E-state index is 13.2. The molecule has 0 spiro atoms. The molecule has 26 heavy (non-hydrogen) atoms. The number of anilines is 2. The Morgan fingerprint density at radius 3 is 2.27 bits per heavy atom. The zero-order valence-electron chi connectivity index (χ0n) is 15.5. The number of para-hydroxylation sites is 2. The van der Waals surface area contributed by atoms with E-state index in [0.717, 1.165) is 44.1 Å². The Balaban J connectivity index is 1.56. The summed E-state index contributed by atoms with van der Waals surface area (Å²) in [5.41, 5.74) is 3.50. The van der Waals surface area contributed by atoms with Gasteiger partial charge in [-0.15, -0.1) is 0 Å². The quantitative estimate of drug-likeness (QED) is 0.845. The third kappa shape index (κ3) is 3.34. The highest BCUT2D eigenvalue weighted by atomic mass is 16.2. The predicted octanol–water partition coefficient (Wildman–Crippen LogP) is 3.52. The summed E-state index contributed by atoms with van der Waals surface area (Å²) in [6.07, 6.45) is 2.41. The number of benzene rings is 2. The fraction of sp³-hybridized carbons (Fsp3) is 0.409. The number of carbonyl (C=O) groups excluding carboxylic acids is 1. The van der Waals surface area contributed by atoms with Gasteiger partial charge in [-0.1, -0.05) is 42.5 Å². The van der Waals surface area contributed by atoms with Crippen LogP contribution in [0, 0.1) is 0 Å². The standard InChI is InChI=1S/C22H27N3O/c1-18(23-13-7-8-14-23)22(26)25-16-15-24(17-19-9-3-2-4-10-19)20-11-5-6-12-21(20)25/h2-6,9-12,18H,7-8,13-17H2,1H3. The number of nitrogens with zero attached hydrogens (tertiary/aromatic N) is 3. The minimum Gasteiger partial charge on any atom is -0.364 e. The Hall–Kier alpha value is -2.33. The number of rotatable bonds is 4. The van der Waals surface area contributed by atoms with Crippen molar-refractivity contribution in [3.8, 4) is 0 Å². The van der Waals surface area contributed by atoms with Crippen LogP contribution in [0.2, 0.25) is 0 Å². The molecule has 1 saturated heterocycles. The van der Waals surface area contributed by atoms with E-state index in [-0.39, 0.29) is 11.9 Å². The van der Waals surface area contributed by atoms with E-state index >= 15 is 0 Å². The molecule has 1 unspecified atom stereocenters. The minimum absolute atomic E-state index is 0.0359. The van der Waals surface area contributed by atoms with Gasteiger partial charge >= 0.3 is 0 Å². The Kier molecular flexibility index (Phi) is 4.93. The zero-order valence-corrected chi connectivity index (χ0v) is 15.5. The van der Waals surface area contributed by atoms with Crippen molar-refractivity contribution in [3.05, 3.63) is 60.2 Å². The molecule has 0 saturated carbocycles. The summed E-state index contributed by atoms with van der Waals surface area (Å²) in [6.45, 7) is 6.64. The molecule has 0 aromatic heterocycles. The molecule has 2 aromatic carbocycles. The third-order valence-corrected chi connectivity index (χ3v) is 5.63. The minimum atomic E-state index is -0.0359. The van der Waals surface area contributed by atoms with Crippen LogP contribution in [0.15, 0.2) is 54.6 Å². The number of hydrogen-bond acceptors (Lipinski definition) is 3. The normalized spacial score (nSPS) is 18.7. The SMILES string of the molecule is CC(C(=O)N1CCN(Cc2ccccc2)c2ccccc21)N1CCCC1. The molecule has 1 amide bonds. The first-order valence-electron chi connectivity index (χ1n) is 9.67. The van der Waals surface area contributed by atoms with Gasteiger partial charge in [0.1, 0.15) is 0 Å². The van der Waals surface area contributed by atoms with Gasteiger partial charge in [0.15, 0.2) is 0 Å². The van der Waals surface area contributed by atoms with Crippen LogP contribution in [0.5, 0.6) is 0 Å². The molecule has 1 atom stereocenters.